The molecule has 0 aliphatic carbocycles. The van der Waals surface area contributed by atoms with Gasteiger partial charge in [0.1, 0.15) is 0 Å². The Morgan fingerprint density at radius 2 is 1.77 bits per heavy atom. The van der Waals surface area contributed by atoms with E-state index in [-0.39, 0.29) is 5.91 Å². The van der Waals surface area contributed by atoms with Crippen LogP contribution in [-0.2, 0) is 0 Å². The molecular formula is C17H20N4O. The van der Waals surface area contributed by atoms with Crippen LogP contribution in [0.4, 0.5) is 11.4 Å². The summed E-state index contributed by atoms with van der Waals surface area (Å²) in [5.41, 5.74) is 12.1. The van der Waals surface area contributed by atoms with Gasteiger partial charge in [0.15, 0.2) is 0 Å². The Labute approximate surface area is 130 Å². The predicted octanol–water partition coefficient (Wildman–Crippen LogP) is 2.49. The number of rotatable bonds is 4. The first kappa shape index (κ1) is 15.6. The molecule has 0 fully saturated rings. The van der Waals surface area contributed by atoms with Crippen LogP contribution in [0.1, 0.15) is 22.8 Å². The van der Waals surface area contributed by atoms with Crippen molar-refractivity contribution in [3.8, 4) is 0 Å². The summed E-state index contributed by atoms with van der Waals surface area (Å²) < 4.78 is 0. The van der Waals surface area contributed by atoms with Crippen LogP contribution in [-0.4, -0.2) is 25.7 Å². The second kappa shape index (κ2) is 6.76. The molecule has 0 saturated carbocycles. The number of carbonyl (C=O) groups excluding carboxylic acids is 1. The highest BCUT2D eigenvalue weighted by atomic mass is 16.2. The summed E-state index contributed by atoms with van der Waals surface area (Å²) >= 11 is 0. The van der Waals surface area contributed by atoms with Crippen molar-refractivity contribution in [3.05, 3.63) is 59.7 Å². The first-order valence-corrected chi connectivity index (χ1v) is 6.95. The summed E-state index contributed by atoms with van der Waals surface area (Å²) in [5, 5.41) is 4.13. The molecule has 0 spiro atoms. The van der Waals surface area contributed by atoms with Gasteiger partial charge in [-0.05, 0) is 42.8 Å². The maximum Gasteiger partial charge on any atom is 0.271 e. The number of amides is 1. The number of carbonyl (C=O) groups is 1. The van der Waals surface area contributed by atoms with Crippen LogP contribution in [0, 0.1) is 0 Å². The lowest BCUT2D eigenvalue weighted by atomic mass is 10.1. The van der Waals surface area contributed by atoms with Crippen LogP contribution in [0.5, 0.6) is 0 Å². The number of benzene rings is 2. The molecule has 2 aromatic rings. The minimum absolute atomic E-state index is 0.244. The van der Waals surface area contributed by atoms with Crippen molar-refractivity contribution in [2.45, 2.75) is 6.92 Å². The van der Waals surface area contributed by atoms with Gasteiger partial charge in [-0.15, -0.1) is 0 Å². The number of nitrogens with zero attached hydrogens (tertiary/aromatic N) is 2. The number of nitrogen functional groups attached to an aromatic ring is 1. The molecule has 0 atom stereocenters. The van der Waals surface area contributed by atoms with E-state index < -0.39 is 0 Å². The lowest BCUT2D eigenvalue weighted by Gasteiger charge is -2.13. The molecule has 2 aromatic carbocycles. The summed E-state index contributed by atoms with van der Waals surface area (Å²) in [4.78, 5) is 14.1. The van der Waals surface area contributed by atoms with Gasteiger partial charge in [-0.2, -0.15) is 5.10 Å². The van der Waals surface area contributed by atoms with E-state index in [2.05, 4.69) is 10.5 Å². The molecule has 5 nitrogen and oxygen atoms in total. The Hall–Kier alpha value is -2.82. The van der Waals surface area contributed by atoms with E-state index >= 15 is 0 Å². The van der Waals surface area contributed by atoms with E-state index in [1.165, 1.54) is 0 Å². The number of hydrazone groups is 1. The molecule has 0 aliphatic rings. The fourth-order valence-electron chi connectivity index (χ4n) is 1.95. The summed E-state index contributed by atoms with van der Waals surface area (Å²) in [6.07, 6.45) is 0. The van der Waals surface area contributed by atoms with Gasteiger partial charge in [0.05, 0.1) is 5.71 Å². The largest absolute Gasteiger partial charge is 0.399 e. The Bertz CT molecular complexity index is 707. The van der Waals surface area contributed by atoms with Crippen molar-refractivity contribution >= 4 is 23.0 Å². The van der Waals surface area contributed by atoms with E-state index in [0.717, 1.165) is 11.3 Å². The fraction of sp³-hybridized carbons (Fsp3) is 0.176. The summed E-state index contributed by atoms with van der Waals surface area (Å²) in [5.74, 6) is -0.244. The molecule has 0 unspecified atom stereocenters. The van der Waals surface area contributed by atoms with Gasteiger partial charge in [-0.3, -0.25) is 4.79 Å². The standard InChI is InChI=1S/C17H20N4O/c1-12(13-6-4-8-15(18)10-13)19-20-17(22)14-7-5-9-16(11-14)21(2)3/h4-11H,18H2,1-3H3,(H,20,22)/b19-12+. The molecule has 1 amide bonds. The van der Waals surface area contributed by atoms with Crippen molar-refractivity contribution in [2.75, 3.05) is 24.7 Å². The van der Waals surface area contributed by atoms with Crippen LogP contribution in [0.3, 0.4) is 0 Å². The van der Waals surface area contributed by atoms with Crippen molar-refractivity contribution in [3.63, 3.8) is 0 Å². The monoisotopic (exact) mass is 296 g/mol. The molecule has 5 heteroatoms. The predicted molar refractivity (Wildman–Crippen MR) is 91.3 cm³/mol. The Morgan fingerprint density at radius 1 is 1.09 bits per heavy atom. The van der Waals surface area contributed by atoms with Crippen molar-refractivity contribution < 1.29 is 4.79 Å². The zero-order chi connectivity index (χ0) is 16.1. The number of hydrogen-bond donors (Lipinski definition) is 2. The quantitative estimate of drug-likeness (QED) is 0.517. The Kier molecular flexibility index (Phi) is 4.78. The number of nitrogens with two attached hydrogens (primary N) is 1. The van der Waals surface area contributed by atoms with E-state index in [9.17, 15) is 4.79 Å². The Balaban J connectivity index is 2.12. The minimum atomic E-state index is -0.244. The van der Waals surface area contributed by atoms with Crippen molar-refractivity contribution in [2.24, 2.45) is 5.10 Å². The molecule has 0 aromatic heterocycles. The number of nitrogens with one attached hydrogen (secondary N) is 1. The maximum absolute atomic E-state index is 12.2. The summed E-state index contributed by atoms with van der Waals surface area (Å²) in [6, 6.07) is 14.7. The van der Waals surface area contributed by atoms with Gasteiger partial charge in [0.25, 0.3) is 5.91 Å². The highest BCUT2D eigenvalue weighted by molar-refractivity contribution is 6.01. The third-order valence-electron chi connectivity index (χ3n) is 3.25. The lowest BCUT2D eigenvalue weighted by Crippen LogP contribution is -2.20. The van der Waals surface area contributed by atoms with Gasteiger partial charge in [-0.25, -0.2) is 5.43 Å². The molecule has 22 heavy (non-hydrogen) atoms. The molecular weight excluding hydrogens is 276 g/mol. The normalized spacial score (nSPS) is 11.1. The Morgan fingerprint density at radius 3 is 2.45 bits per heavy atom. The SMILES string of the molecule is C/C(=N\NC(=O)c1cccc(N(C)C)c1)c1cccc(N)c1. The molecule has 0 saturated heterocycles. The average molecular weight is 296 g/mol. The first-order chi connectivity index (χ1) is 10.5. The van der Waals surface area contributed by atoms with Crippen LogP contribution >= 0.6 is 0 Å². The highest BCUT2D eigenvalue weighted by Gasteiger charge is 2.06. The summed E-state index contributed by atoms with van der Waals surface area (Å²) in [6.45, 7) is 1.82. The van der Waals surface area contributed by atoms with Gasteiger partial charge >= 0.3 is 0 Å². The number of hydrogen-bond acceptors (Lipinski definition) is 4. The van der Waals surface area contributed by atoms with E-state index in [1.54, 1.807) is 6.07 Å². The minimum Gasteiger partial charge on any atom is -0.399 e. The molecule has 114 valence electrons. The molecule has 0 bridgehead atoms. The molecule has 3 N–H and O–H groups in total. The topological polar surface area (TPSA) is 70.7 Å². The van der Waals surface area contributed by atoms with E-state index in [4.69, 9.17) is 5.73 Å². The first-order valence-electron chi connectivity index (χ1n) is 6.95. The van der Waals surface area contributed by atoms with Gasteiger partial charge in [0, 0.05) is 31.0 Å². The molecule has 0 aliphatic heterocycles. The van der Waals surface area contributed by atoms with Gasteiger partial charge < -0.3 is 10.6 Å². The van der Waals surface area contributed by atoms with E-state index in [0.29, 0.717) is 17.0 Å². The third-order valence-corrected chi connectivity index (χ3v) is 3.25. The second-order valence-electron chi connectivity index (χ2n) is 5.21. The van der Waals surface area contributed by atoms with Crippen molar-refractivity contribution in [1.29, 1.82) is 0 Å². The zero-order valence-corrected chi connectivity index (χ0v) is 13.0. The van der Waals surface area contributed by atoms with Crippen LogP contribution in [0.2, 0.25) is 0 Å². The molecule has 0 heterocycles. The number of anilines is 2. The van der Waals surface area contributed by atoms with Gasteiger partial charge in [-0.1, -0.05) is 18.2 Å². The van der Waals surface area contributed by atoms with Crippen LogP contribution in [0.15, 0.2) is 53.6 Å². The summed E-state index contributed by atoms with van der Waals surface area (Å²) in [7, 11) is 3.86. The van der Waals surface area contributed by atoms with Crippen LogP contribution in [0.25, 0.3) is 0 Å². The van der Waals surface area contributed by atoms with Crippen molar-refractivity contribution in [1.82, 2.24) is 5.43 Å². The average Bonchev–Trinajstić information content (AvgIpc) is 2.52. The van der Waals surface area contributed by atoms with E-state index in [1.807, 2.05) is 68.4 Å². The second-order valence-corrected chi connectivity index (χ2v) is 5.21. The molecule has 2 rings (SSSR count). The smallest absolute Gasteiger partial charge is 0.271 e. The fourth-order valence-corrected chi connectivity index (χ4v) is 1.95. The van der Waals surface area contributed by atoms with Gasteiger partial charge in [0.2, 0.25) is 0 Å². The van der Waals surface area contributed by atoms with Crippen LogP contribution < -0.4 is 16.1 Å². The highest BCUT2D eigenvalue weighted by Crippen LogP contribution is 2.13. The third kappa shape index (κ3) is 3.85. The molecule has 0 radical (unpaired) electrons. The zero-order valence-electron chi connectivity index (χ0n) is 13.0. The lowest BCUT2D eigenvalue weighted by molar-refractivity contribution is 0.0955. The maximum atomic E-state index is 12.2.